The smallest absolute Gasteiger partial charge is 0.393 e. The molecule has 0 aliphatic heterocycles. The summed E-state index contributed by atoms with van der Waals surface area (Å²) >= 11 is 0. The van der Waals surface area contributed by atoms with Crippen LogP contribution in [0.5, 0.6) is 0 Å². The first-order valence-corrected chi connectivity index (χ1v) is 7.70. The van der Waals surface area contributed by atoms with E-state index in [1.54, 1.807) is 0 Å². The molecule has 0 aromatic rings. The number of nitrogens with zero attached hydrogens (tertiary/aromatic N) is 1. The summed E-state index contributed by atoms with van der Waals surface area (Å²) in [5.74, 6) is 1.04. The summed E-state index contributed by atoms with van der Waals surface area (Å²) in [7, 11) is 0. The molecule has 0 aromatic carbocycles. The Morgan fingerprint density at radius 1 is 1.25 bits per heavy atom. The van der Waals surface area contributed by atoms with Gasteiger partial charge in [-0.3, -0.25) is 4.90 Å². The molecule has 0 amide bonds. The summed E-state index contributed by atoms with van der Waals surface area (Å²) in [5.41, 5.74) is 0. The van der Waals surface area contributed by atoms with Crippen molar-refractivity contribution in [3.63, 3.8) is 0 Å². The van der Waals surface area contributed by atoms with Gasteiger partial charge in [-0.2, -0.15) is 13.2 Å². The van der Waals surface area contributed by atoms with E-state index in [-0.39, 0.29) is 5.92 Å². The zero-order valence-electron chi connectivity index (χ0n) is 12.8. The van der Waals surface area contributed by atoms with Gasteiger partial charge in [0.2, 0.25) is 0 Å². The van der Waals surface area contributed by atoms with Gasteiger partial charge >= 0.3 is 6.18 Å². The van der Waals surface area contributed by atoms with E-state index in [1.165, 1.54) is 4.90 Å². The third kappa shape index (κ3) is 6.00. The van der Waals surface area contributed by atoms with Gasteiger partial charge in [0.25, 0.3) is 0 Å². The maximum absolute atomic E-state index is 12.6. The van der Waals surface area contributed by atoms with E-state index in [0.29, 0.717) is 31.3 Å². The van der Waals surface area contributed by atoms with Crippen LogP contribution in [-0.2, 0) is 0 Å². The molecule has 0 bridgehead atoms. The molecule has 1 saturated carbocycles. The van der Waals surface area contributed by atoms with Crippen LogP contribution in [0.2, 0.25) is 0 Å². The molecule has 1 fully saturated rings. The van der Waals surface area contributed by atoms with Gasteiger partial charge < -0.3 is 5.11 Å². The molecule has 1 rings (SSSR count). The molecular formula is C15H28F3NO. The summed E-state index contributed by atoms with van der Waals surface area (Å²) in [4.78, 5) is 1.45. The number of aliphatic hydroxyl groups excluding tert-OH is 1. The van der Waals surface area contributed by atoms with E-state index in [1.807, 2.05) is 6.92 Å². The Bertz CT molecular complexity index is 281. The molecule has 3 unspecified atom stereocenters. The van der Waals surface area contributed by atoms with Crippen molar-refractivity contribution in [2.45, 2.75) is 58.7 Å². The third-order valence-electron chi connectivity index (χ3n) is 4.36. The van der Waals surface area contributed by atoms with Crippen LogP contribution >= 0.6 is 0 Å². The summed E-state index contributed by atoms with van der Waals surface area (Å²) < 4.78 is 37.7. The average Bonchev–Trinajstić information content (AvgIpc) is 2.29. The highest BCUT2D eigenvalue weighted by Gasteiger charge is 2.35. The van der Waals surface area contributed by atoms with Crippen LogP contribution in [0, 0.1) is 17.8 Å². The van der Waals surface area contributed by atoms with Gasteiger partial charge in [0.05, 0.1) is 12.6 Å². The van der Waals surface area contributed by atoms with Crippen molar-refractivity contribution >= 4 is 0 Å². The topological polar surface area (TPSA) is 23.5 Å². The largest absolute Gasteiger partial charge is 0.401 e. The molecule has 5 heteroatoms. The molecular weight excluding hydrogens is 267 g/mol. The van der Waals surface area contributed by atoms with E-state index < -0.39 is 18.8 Å². The third-order valence-corrected chi connectivity index (χ3v) is 4.36. The molecule has 2 nitrogen and oxygen atoms in total. The first-order chi connectivity index (χ1) is 9.23. The molecule has 0 heterocycles. The highest BCUT2D eigenvalue weighted by molar-refractivity contribution is 4.83. The lowest BCUT2D eigenvalue weighted by atomic mass is 9.74. The van der Waals surface area contributed by atoms with Crippen molar-refractivity contribution < 1.29 is 18.3 Å². The molecule has 0 spiro atoms. The minimum atomic E-state index is -4.16. The SMILES string of the molecule is CCCN(CC1CC(C(C)C)CCC1O)CC(F)(F)F. The predicted octanol–water partition coefficient (Wildman–Crippen LogP) is 3.69. The molecule has 1 aliphatic rings. The van der Waals surface area contributed by atoms with E-state index in [2.05, 4.69) is 13.8 Å². The lowest BCUT2D eigenvalue weighted by molar-refractivity contribution is -0.149. The van der Waals surface area contributed by atoms with Crippen LogP contribution in [0.3, 0.4) is 0 Å². The van der Waals surface area contributed by atoms with Gasteiger partial charge in [0.15, 0.2) is 0 Å². The van der Waals surface area contributed by atoms with E-state index in [9.17, 15) is 18.3 Å². The second-order valence-electron chi connectivity index (χ2n) is 6.49. The number of hydrogen-bond acceptors (Lipinski definition) is 2. The van der Waals surface area contributed by atoms with Crippen LogP contribution in [0.1, 0.15) is 46.5 Å². The first-order valence-electron chi connectivity index (χ1n) is 7.70. The molecule has 1 aliphatic carbocycles. The van der Waals surface area contributed by atoms with E-state index >= 15 is 0 Å². The Hall–Kier alpha value is -0.290. The molecule has 0 aromatic heterocycles. The van der Waals surface area contributed by atoms with Crippen LogP contribution in [0.25, 0.3) is 0 Å². The average molecular weight is 295 g/mol. The van der Waals surface area contributed by atoms with Gasteiger partial charge in [0.1, 0.15) is 0 Å². The maximum Gasteiger partial charge on any atom is 0.401 e. The van der Waals surface area contributed by atoms with E-state index in [4.69, 9.17) is 0 Å². The van der Waals surface area contributed by atoms with Gasteiger partial charge in [0, 0.05) is 6.54 Å². The minimum Gasteiger partial charge on any atom is -0.393 e. The Morgan fingerprint density at radius 3 is 2.40 bits per heavy atom. The monoisotopic (exact) mass is 295 g/mol. The van der Waals surface area contributed by atoms with Gasteiger partial charge in [-0.25, -0.2) is 0 Å². The molecule has 0 radical (unpaired) electrons. The van der Waals surface area contributed by atoms with Crippen LogP contribution in [-0.4, -0.2) is 41.9 Å². The van der Waals surface area contributed by atoms with Gasteiger partial charge in [-0.05, 0) is 50.0 Å². The fraction of sp³-hybridized carbons (Fsp3) is 1.00. The zero-order valence-corrected chi connectivity index (χ0v) is 12.8. The Kier molecular flexibility index (Phi) is 6.79. The fourth-order valence-electron chi connectivity index (χ4n) is 3.22. The Balaban J connectivity index is 2.60. The predicted molar refractivity (Wildman–Crippen MR) is 74.5 cm³/mol. The Morgan fingerprint density at radius 2 is 1.90 bits per heavy atom. The van der Waals surface area contributed by atoms with E-state index in [0.717, 1.165) is 19.3 Å². The van der Waals surface area contributed by atoms with Gasteiger partial charge in [-0.1, -0.05) is 20.8 Å². The lowest BCUT2D eigenvalue weighted by Crippen LogP contribution is -2.43. The number of hydrogen-bond donors (Lipinski definition) is 1. The number of alkyl halides is 3. The lowest BCUT2D eigenvalue weighted by Gasteiger charge is -2.38. The first kappa shape index (κ1) is 17.8. The van der Waals surface area contributed by atoms with Crippen molar-refractivity contribution in [3.8, 4) is 0 Å². The summed E-state index contributed by atoms with van der Waals surface area (Å²) in [6.07, 6.45) is -1.35. The van der Waals surface area contributed by atoms with Crippen molar-refractivity contribution in [2.24, 2.45) is 17.8 Å². The molecule has 1 N–H and O–H groups in total. The number of halogens is 3. The van der Waals surface area contributed by atoms with Crippen LogP contribution < -0.4 is 0 Å². The maximum atomic E-state index is 12.6. The quantitative estimate of drug-likeness (QED) is 0.808. The van der Waals surface area contributed by atoms with Crippen molar-refractivity contribution in [1.29, 1.82) is 0 Å². The molecule has 20 heavy (non-hydrogen) atoms. The normalized spacial score (nSPS) is 28.4. The standard InChI is InChI=1S/C15H28F3NO/c1-4-7-19(10-15(16,17)18)9-13-8-12(11(2)3)5-6-14(13)20/h11-14,20H,4-10H2,1-3H3. The minimum absolute atomic E-state index is 0.0231. The highest BCUT2D eigenvalue weighted by Crippen LogP contribution is 2.34. The van der Waals surface area contributed by atoms with Gasteiger partial charge in [-0.15, -0.1) is 0 Å². The summed E-state index contributed by atoms with van der Waals surface area (Å²) in [5, 5.41) is 10.1. The summed E-state index contributed by atoms with van der Waals surface area (Å²) in [6.45, 7) is 6.12. The number of rotatable bonds is 6. The Labute approximate surface area is 120 Å². The number of aliphatic hydroxyl groups is 1. The molecule has 3 atom stereocenters. The van der Waals surface area contributed by atoms with Crippen molar-refractivity contribution in [3.05, 3.63) is 0 Å². The van der Waals surface area contributed by atoms with Crippen molar-refractivity contribution in [1.82, 2.24) is 4.90 Å². The molecule has 120 valence electrons. The fourth-order valence-corrected chi connectivity index (χ4v) is 3.22. The zero-order chi connectivity index (χ0) is 15.3. The second-order valence-corrected chi connectivity index (χ2v) is 6.49. The van der Waals surface area contributed by atoms with Crippen LogP contribution in [0.15, 0.2) is 0 Å². The van der Waals surface area contributed by atoms with Crippen molar-refractivity contribution in [2.75, 3.05) is 19.6 Å². The second kappa shape index (κ2) is 7.64. The highest BCUT2D eigenvalue weighted by atomic mass is 19.4. The molecule has 0 saturated heterocycles. The summed E-state index contributed by atoms with van der Waals surface area (Å²) in [6, 6.07) is 0. The van der Waals surface area contributed by atoms with Crippen LogP contribution in [0.4, 0.5) is 13.2 Å².